The van der Waals surface area contributed by atoms with Gasteiger partial charge in [-0.1, -0.05) is 24.3 Å². The van der Waals surface area contributed by atoms with Crippen LogP contribution in [0.1, 0.15) is 16.5 Å². The Hall–Kier alpha value is -3.06. The number of carbonyl (C=O) groups excluding carboxylic acids is 1. The fourth-order valence-electron chi connectivity index (χ4n) is 3.08. The molecule has 1 fully saturated rings. The van der Waals surface area contributed by atoms with Crippen molar-refractivity contribution in [1.29, 1.82) is 0 Å². The number of hydrogen-bond acceptors (Lipinski definition) is 5. The van der Waals surface area contributed by atoms with Crippen molar-refractivity contribution in [3.63, 3.8) is 0 Å². The van der Waals surface area contributed by atoms with Gasteiger partial charge in [-0.25, -0.2) is 4.68 Å². The number of fused-ring (bicyclic) bond motifs is 1. The number of amides is 1. The summed E-state index contributed by atoms with van der Waals surface area (Å²) in [6, 6.07) is 11.8. The third kappa shape index (κ3) is 2.89. The summed E-state index contributed by atoms with van der Waals surface area (Å²) in [6.45, 7) is 0.648. The number of hydrogen-bond donors (Lipinski definition) is 1. The lowest BCUT2D eigenvalue weighted by Crippen LogP contribution is -2.44. The van der Waals surface area contributed by atoms with Crippen LogP contribution in [0, 0.1) is 0 Å². The second-order valence-corrected chi connectivity index (χ2v) is 5.87. The first-order chi connectivity index (χ1) is 12.2. The second kappa shape index (κ2) is 6.45. The number of rotatable bonds is 3. The smallest absolute Gasteiger partial charge is 0.270 e. The second-order valence-electron chi connectivity index (χ2n) is 5.87. The largest absolute Gasteiger partial charge is 0.377 e. The molecule has 1 amide bonds. The van der Waals surface area contributed by atoms with Crippen LogP contribution in [0.5, 0.6) is 0 Å². The summed E-state index contributed by atoms with van der Waals surface area (Å²) in [5, 5.41) is 8.77. The number of carbonyl (C=O) groups is 1. The van der Waals surface area contributed by atoms with E-state index in [1.54, 1.807) is 18.5 Å². The minimum atomic E-state index is -0.346. The van der Waals surface area contributed by atoms with E-state index in [4.69, 9.17) is 4.74 Å². The van der Waals surface area contributed by atoms with Crippen LogP contribution in [-0.2, 0) is 4.74 Å². The van der Waals surface area contributed by atoms with Crippen LogP contribution in [0.25, 0.3) is 10.8 Å². The van der Waals surface area contributed by atoms with E-state index in [1.165, 1.54) is 10.7 Å². The van der Waals surface area contributed by atoms with E-state index >= 15 is 0 Å². The van der Waals surface area contributed by atoms with Gasteiger partial charge in [-0.05, 0) is 17.5 Å². The van der Waals surface area contributed by atoms with Crippen LogP contribution in [-0.4, -0.2) is 39.9 Å². The Morgan fingerprint density at radius 2 is 2.00 bits per heavy atom. The first kappa shape index (κ1) is 15.5. The minimum absolute atomic E-state index is 0.222. The zero-order valence-corrected chi connectivity index (χ0v) is 13.3. The molecule has 126 valence electrons. The molecule has 0 radical (unpaired) electrons. The van der Waals surface area contributed by atoms with Crippen molar-refractivity contribution < 1.29 is 9.53 Å². The number of ether oxygens (including phenoxy) is 1. The van der Waals surface area contributed by atoms with Crippen LogP contribution < -0.4 is 10.9 Å². The fraction of sp³-hybridized carbons (Fsp3) is 0.222. The van der Waals surface area contributed by atoms with Gasteiger partial charge >= 0.3 is 0 Å². The van der Waals surface area contributed by atoms with E-state index in [-0.39, 0.29) is 23.6 Å². The van der Waals surface area contributed by atoms with Gasteiger partial charge in [0.1, 0.15) is 11.7 Å². The van der Waals surface area contributed by atoms with Crippen LogP contribution in [0.4, 0.5) is 0 Å². The number of nitrogens with zero attached hydrogens (tertiary/aromatic N) is 3. The molecular weight excluding hydrogens is 320 g/mol. The molecule has 25 heavy (non-hydrogen) atoms. The molecule has 2 atom stereocenters. The van der Waals surface area contributed by atoms with E-state index in [0.717, 1.165) is 10.8 Å². The molecule has 3 aromatic rings. The molecular formula is C18H16N4O3. The molecule has 7 heteroatoms. The molecule has 1 aromatic carbocycles. The van der Waals surface area contributed by atoms with Gasteiger partial charge in [-0.15, -0.1) is 0 Å². The lowest BCUT2D eigenvalue weighted by molar-refractivity contribution is 0.0921. The monoisotopic (exact) mass is 336 g/mol. The Labute approximate surface area is 143 Å². The van der Waals surface area contributed by atoms with E-state index in [0.29, 0.717) is 18.9 Å². The summed E-state index contributed by atoms with van der Waals surface area (Å²) >= 11 is 0. The third-order valence-corrected chi connectivity index (χ3v) is 4.31. The molecule has 2 aromatic heterocycles. The zero-order chi connectivity index (χ0) is 17.2. The standard InChI is InChI=1S/C18H16N4O3/c23-16-6-3-8-20-22(16)15-11-25-10-14(15)21-18(24)17-13-5-2-1-4-12(13)7-9-19-17/h1-9,14-15H,10-11H2,(H,21,24). The van der Waals surface area contributed by atoms with Gasteiger partial charge < -0.3 is 10.1 Å². The summed E-state index contributed by atoms with van der Waals surface area (Å²) in [5.74, 6) is -0.290. The molecule has 7 nitrogen and oxygen atoms in total. The molecule has 2 unspecified atom stereocenters. The average Bonchev–Trinajstić information content (AvgIpc) is 3.09. The van der Waals surface area contributed by atoms with Crippen LogP contribution in [0.2, 0.25) is 0 Å². The Kier molecular flexibility index (Phi) is 3.99. The van der Waals surface area contributed by atoms with Gasteiger partial charge in [-0.2, -0.15) is 5.10 Å². The van der Waals surface area contributed by atoms with Crippen LogP contribution >= 0.6 is 0 Å². The van der Waals surface area contributed by atoms with Gasteiger partial charge in [0.2, 0.25) is 0 Å². The van der Waals surface area contributed by atoms with Gasteiger partial charge in [0.05, 0.1) is 19.3 Å². The van der Waals surface area contributed by atoms with Crippen molar-refractivity contribution in [2.75, 3.05) is 13.2 Å². The van der Waals surface area contributed by atoms with Crippen LogP contribution in [0.15, 0.2) is 59.7 Å². The Balaban J connectivity index is 1.62. The molecule has 0 spiro atoms. The summed E-state index contributed by atoms with van der Waals surface area (Å²) in [4.78, 5) is 29.0. The summed E-state index contributed by atoms with van der Waals surface area (Å²) in [6.07, 6.45) is 3.16. The van der Waals surface area contributed by atoms with E-state index in [9.17, 15) is 9.59 Å². The van der Waals surface area contributed by atoms with Crippen molar-refractivity contribution in [3.8, 4) is 0 Å². The van der Waals surface area contributed by atoms with Crippen molar-refractivity contribution >= 4 is 16.7 Å². The molecule has 0 aliphatic carbocycles. The normalized spacial score (nSPS) is 19.8. The predicted molar refractivity (Wildman–Crippen MR) is 91.4 cm³/mol. The predicted octanol–water partition coefficient (Wildman–Crippen LogP) is 1.16. The first-order valence-corrected chi connectivity index (χ1v) is 8.00. The molecule has 1 N–H and O–H groups in total. The van der Waals surface area contributed by atoms with Gasteiger partial charge in [0.25, 0.3) is 11.5 Å². The van der Waals surface area contributed by atoms with Crippen molar-refractivity contribution in [3.05, 3.63) is 70.9 Å². The van der Waals surface area contributed by atoms with Crippen molar-refractivity contribution in [2.45, 2.75) is 12.1 Å². The number of aromatic nitrogens is 3. The Morgan fingerprint density at radius 3 is 2.88 bits per heavy atom. The van der Waals surface area contributed by atoms with E-state index in [2.05, 4.69) is 15.4 Å². The number of nitrogens with one attached hydrogen (secondary N) is 1. The van der Waals surface area contributed by atoms with Crippen LogP contribution in [0.3, 0.4) is 0 Å². The number of pyridine rings is 1. The lowest BCUT2D eigenvalue weighted by atomic mass is 10.1. The molecule has 0 bridgehead atoms. The molecule has 1 saturated heterocycles. The number of benzene rings is 1. The Morgan fingerprint density at radius 1 is 1.12 bits per heavy atom. The van der Waals surface area contributed by atoms with Crippen molar-refractivity contribution in [1.82, 2.24) is 20.1 Å². The molecule has 1 aliphatic rings. The first-order valence-electron chi connectivity index (χ1n) is 8.00. The molecule has 1 aliphatic heterocycles. The van der Waals surface area contributed by atoms with Gasteiger partial charge in [0.15, 0.2) is 0 Å². The third-order valence-electron chi connectivity index (χ3n) is 4.31. The fourth-order valence-corrected chi connectivity index (χ4v) is 3.08. The summed E-state index contributed by atoms with van der Waals surface area (Å²) in [5.41, 5.74) is 0.137. The minimum Gasteiger partial charge on any atom is -0.377 e. The highest BCUT2D eigenvalue weighted by Gasteiger charge is 2.33. The summed E-state index contributed by atoms with van der Waals surface area (Å²) in [7, 11) is 0. The highest BCUT2D eigenvalue weighted by atomic mass is 16.5. The van der Waals surface area contributed by atoms with Crippen molar-refractivity contribution in [2.24, 2.45) is 0 Å². The van der Waals surface area contributed by atoms with Gasteiger partial charge in [0, 0.05) is 23.8 Å². The summed E-state index contributed by atoms with van der Waals surface area (Å²) < 4.78 is 6.82. The highest BCUT2D eigenvalue weighted by Crippen LogP contribution is 2.20. The topological polar surface area (TPSA) is 86.1 Å². The zero-order valence-electron chi connectivity index (χ0n) is 13.3. The van der Waals surface area contributed by atoms with E-state index in [1.807, 2.05) is 30.3 Å². The molecule has 4 rings (SSSR count). The molecule has 3 heterocycles. The van der Waals surface area contributed by atoms with Gasteiger partial charge in [-0.3, -0.25) is 14.6 Å². The average molecular weight is 336 g/mol. The maximum Gasteiger partial charge on any atom is 0.270 e. The maximum atomic E-state index is 12.7. The van der Waals surface area contributed by atoms with E-state index < -0.39 is 0 Å². The Bertz CT molecular complexity index is 980. The SMILES string of the molecule is O=C(NC1COCC1n1ncccc1=O)c1nccc2ccccc12. The molecule has 0 saturated carbocycles. The maximum absolute atomic E-state index is 12.7. The highest BCUT2D eigenvalue weighted by molar-refractivity contribution is 6.05. The quantitative estimate of drug-likeness (QED) is 0.776. The lowest BCUT2D eigenvalue weighted by Gasteiger charge is -2.20.